The van der Waals surface area contributed by atoms with Crippen molar-refractivity contribution in [2.75, 3.05) is 10.6 Å². The lowest BCUT2D eigenvalue weighted by molar-refractivity contribution is -0.137. The highest BCUT2D eigenvalue weighted by Crippen LogP contribution is 2.34. The van der Waals surface area contributed by atoms with Crippen molar-refractivity contribution < 1.29 is 42.1 Å². The van der Waals surface area contributed by atoms with Gasteiger partial charge in [-0.1, -0.05) is 11.5 Å². The second-order valence-corrected chi connectivity index (χ2v) is 8.05. The Balaban J connectivity index is 0.000000934. The van der Waals surface area contributed by atoms with E-state index in [2.05, 4.69) is 20.8 Å². The number of nitriles is 1. The maximum absolute atomic E-state index is 13.1. The Bertz CT molecular complexity index is 1290. The van der Waals surface area contributed by atoms with Crippen LogP contribution in [0.3, 0.4) is 0 Å². The zero-order valence-corrected chi connectivity index (χ0v) is 19.7. The average Bonchev–Trinajstić information content (AvgIpc) is 3.34. The number of aromatic nitrogens is 2. The first-order valence-corrected chi connectivity index (χ1v) is 11.3. The Labute approximate surface area is 213 Å². The molecule has 0 radical (unpaired) electrons. The largest absolute Gasteiger partial charge is 0.503 e. The van der Waals surface area contributed by atoms with Crippen molar-refractivity contribution >= 4 is 29.5 Å². The lowest BCUT2D eigenvalue weighted by Gasteiger charge is -2.23. The number of hydrogen-bond donors (Lipinski definition) is 4. The molecule has 1 amide bonds. The fraction of sp³-hybridized carbons (Fsp3) is 0.292. The molecule has 200 valence electrons. The van der Waals surface area contributed by atoms with E-state index in [-0.39, 0.29) is 23.7 Å². The Morgan fingerprint density at radius 1 is 1.03 bits per heavy atom. The van der Waals surface area contributed by atoms with Gasteiger partial charge < -0.3 is 30.0 Å². The first-order valence-electron chi connectivity index (χ1n) is 11.3. The van der Waals surface area contributed by atoms with Crippen molar-refractivity contribution in [3.8, 4) is 11.8 Å². The summed E-state index contributed by atoms with van der Waals surface area (Å²) < 4.78 is 50.5. The normalized spacial score (nSPS) is 13.4. The van der Waals surface area contributed by atoms with Crippen LogP contribution in [0.5, 0.6) is 5.75 Å². The minimum absolute atomic E-state index is 0.0320. The highest BCUT2D eigenvalue weighted by Gasteiger charge is 2.34. The highest BCUT2D eigenvalue weighted by molar-refractivity contribution is 6.00. The molecule has 4 rings (SSSR count). The Morgan fingerprint density at radius 3 is 2.26 bits per heavy atom. The molecule has 38 heavy (non-hydrogen) atoms. The molecule has 14 heteroatoms. The van der Waals surface area contributed by atoms with Crippen LogP contribution in [0, 0.1) is 11.3 Å². The first-order chi connectivity index (χ1) is 18.0. The standard InChI is InChI=1S/C23H20F3N5O3.CH2O3/c24-23(25,26)19-12-16(7-6-14(19)13-27)29-22-31-30-21(34-22)20(32)28-15-8-10-18(11-9-15)33-17-4-2-1-3-5-17;2-1(3)4/h6-12,17H,1-5H2,(H,28,32)(H,29,31);(H2,2,3,4). The number of amides is 1. The van der Waals surface area contributed by atoms with Gasteiger partial charge in [-0.25, -0.2) is 4.79 Å². The van der Waals surface area contributed by atoms with Gasteiger partial charge in [0.25, 0.3) is 0 Å². The number of hydrogen-bond acceptors (Lipinski definition) is 8. The number of nitrogens with zero attached hydrogens (tertiary/aromatic N) is 3. The molecule has 2 aromatic carbocycles. The Hall–Kier alpha value is -4.80. The molecule has 0 saturated heterocycles. The fourth-order valence-electron chi connectivity index (χ4n) is 3.62. The zero-order valence-electron chi connectivity index (χ0n) is 19.7. The van der Waals surface area contributed by atoms with Crippen LogP contribution in [0.1, 0.15) is 53.9 Å². The van der Waals surface area contributed by atoms with Crippen LogP contribution < -0.4 is 15.4 Å². The summed E-state index contributed by atoms with van der Waals surface area (Å²) in [5.41, 5.74) is -1.17. The van der Waals surface area contributed by atoms with Gasteiger partial charge in [-0.2, -0.15) is 18.4 Å². The van der Waals surface area contributed by atoms with E-state index in [0.29, 0.717) is 5.69 Å². The second-order valence-electron chi connectivity index (χ2n) is 8.05. The maximum Gasteiger partial charge on any atom is 0.503 e. The molecule has 4 N–H and O–H groups in total. The molecule has 3 aromatic rings. The summed E-state index contributed by atoms with van der Waals surface area (Å²) in [5.74, 6) is -0.346. The van der Waals surface area contributed by atoms with E-state index in [1.807, 2.05) is 0 Å². The molecule has 1 saturated carbocycles. The van der Waals surface area contributed by atoms with Crippen LogP contribution >= 0.6 is 0 Å². The third-order valence-corrected chi connectivity index (χ3v) is 5.28. The Kier molecular flexibility index (Phi) is 9.09. The molecule has 0 aliphatic heterocycles. The number of carbonyl (C=O) groups is 2. The summed E-state index contributed by atoms with van der Waals surface area (Å²) in [6, 6.07) is 11.1. The van der Waals surface area contributed by atoms with Gasteiger partial charge in [0.15, 0.2) is 0 Å². The van der Waals surface area contributed by atoms with Crippen LogP contribution in [-0.4, -0.2) is 38.6 Å². The minimum atomic E-state index is -4.71. The molecular weight excluding hydrogens is 511 g/mol. The van der Waals surface area contributed by atoms with Crippen LogP contribution in [0.15, 0.2) is 46.9 Å². The number of anilines is 3. The summed E-state index contributed by atoms with van der Waals surface area (Å²) in [6.45, 7) is 0. The first kappa shape index (κ1) is 27.8. The van der Waals surface area contributed by atoms with Gasteiger partial charge in [-0.3, -0.25) is 4.79 Å². The number of benzene rings is 2. The monoisotopic (exact) mass is 533 g/mol. The van der Waals surface area contributed by atoms with E-state index in [1.165, 1.54) is 18.6 Å². The highest BCUT2D eigenvalue weighted by atomic mass is 19.4. The van der Waals surface area contributed by atoms with Gasteiger partial charge in [-0.15, -0.1) is 5.10 Å². The van der Waals surface area contributed by atoms with Crippen LogP contribution in [0.2, 0.25) is 0 Å². The molecule has 1 heterocycles. The average molecular weight is 533 g/mol. The zero-order chi connectivity index (χ0) is 27.7. The smallest absolute Gasteiger partial charge is 0.490 e. The van der Waals surface area contributed by atoms with Gasteiger partial charge >= 0.3 is 30.1 Å². The lowest BCUT2D eigenvalue weighted by Crippen LogP contribution is -2.19. The van der Waals surface area contributed by atoms with E-state index < -0.39 is 29.4 Å². The number of halogens is 3. The van der Waals surface area contributed by atoms with Gasteiger partial charge in [-0.05, 0) is 68.1 Å². The molecule has 0 bridgehead atoms. The van der Waals surface area contributed by atoms with Crippen molar-refractivity contribution in [2.45, 2.75) is 44.4 Å². The van der Waals surface area contributed by atoms with Crippen LogP contribution in [-0.2, 0) is 6.18 Å². The molecular formula is C24H22F3N5O6. The summed E-state index contributed by atoms with van der Waals surface area (Å²) in [5, 5.41) is 35.2. The number of alkyl halides is 3. The quantitative estimate of drug-likeness (QED) is 0.299. The predicted molar refractivity (Wildman–Crippen MR) is 126 cm³/mol. The van der Waals surface area contributed by atoms with Crippen molar-refractivity contribution in [2.24, 2.45) is 0 Å². The van der Waals surface area contributed by atoms with Gasteiger partial charge in [0, 0.05) is 11.4 Å². The van der Waals surface area contributed by atoms with Crippen molar-refractivity contribution in [1.82, 2.24) is 10.2 Å². The maximum atomic E-state index is 13.1. The van der Waals surface area contributed by atoms with Crippen molar-refractivity contribution in [1.29, 1.82) is 5.26 Å². The van der Waals surface area contributed by atoms with E-state index in [9.17, 15) is 18.0 Å². The van der Waals surface area contributed by atoms with Crippen molar-refractivity contribution in [3.63, 3.8) is 0 Å². The van der Waals surface area contributed by atoms with Crippen LogP contribution in [0.4, 0.5) is 35.4 Å². The number of carboxylic acid groups (broad SMARTS) is 2. The molecule has 1 aromatic heterocycles. The topological polar surface area (TPSA) is 171 Å². The molecule has 1 fully saturated rings. The molecule has 0 atom stereocenters. The minimum Gasteiger partial charge on any atom is -0.490 e. The lowest BCUT2D eigenvalue weighted by atomic mass is 9.98. The second kappa shape index (κ2) is 12.4. The third-order valence-electron chi connectivity index (χ3n) is 5.28. The van der Waals surface area contributed by atoms with Gasteiger partial charge in [0.05, 0.1) is 23.3 Å². The van der Waals surface area contributed by atoms with E-state index >= 15 is 0 Å². The fourth-order valence-corrected chi connectivity index (χ4v) is 3.62. The molecule has 11 nitrogen and oxygen atoms in total. The molecule has 1 aliphatic rings. The van der Waals surface area contributed by atoms with E-state index in [0.717, 1.165) is 43.6 Å². The summed E-state index contributed by atoms with van der Waals surface area (Å²) in [4.78, 5) is 21.0. The van der Waals surface area contributed by atoms with Crippen molar-refractivity contribution in [3.05, 3.63) is 59.5 Å². The SMILES string of the molecule is N#Cc1ccc(Nc2nnc(C(=O)Nc3ccc(OC4CCCCC4)cc3)o2)cc1C(F)(F)F.O=C(O)O. The van der Waals surface area contributed by atoms with Crippen LogP contribution in [0.25, 0.3) is 0 Å². The molecule has 1 aliphatic carbocycles. The number of rotatable bonds is 6. The summed E-state index contributed by atoms with van der Waals surface area (Å²) in [6.07, 6.45) is -0.706. The number of ether oxygens (including phenoxy) is 1. The van der Waals surface area contributed by atoms with Gasteiger partial charge in [0.1, 0.15) is 5.75 Å². The summed E-state index contributed by atoms with van der Waals surface area (Å²) in [7, 11) is 0. The third kappa shape index (κ3) is 8.12. The Morgan fingerprint density at radius 2 is 1.66 bits per heavy atom. The number of carbonyl (C=O) groups excluding carboxylic acids is 1. The predicted octanol–water partition coefficient (Wildman–Crippen LogP) is 5.89. The van der Waals surface area contributed by atoms with E-state index in [1.54, 1.807) is 24.3 Å². The van der Waals surface area contributed by atoms with E-state index in [4.69, 9.17) is 29.4 Å². The number of nitrogens with one attached hydrogen (secondary N) is 2. The summed E-state index contributed by atoms with van der Waals surface area (Å²) >= 11 is 0. The molecule has 0 unspecified atom stereocenters. The molecule has 0 spiro atoms. The van der Waals surface area contributed by atoms with Gasteiger partial charge in [0.2, 0.25) is 0 Å².